The number of hydrogen-bond donors (Lipinski definition) is 1. The number of rotatable bonds is 6. The molecule has 2 aliphatic rings. The Morgan fingerprint density at radius 1 is 1.15 bits per heavy atom. The molecule has 20 heavy (non-hydrogen) atoms. The Kier molecular flexibility index (Phi) is 6.76. The minimum atomic E-state index is 0.303. The van der Waals surface area contributed by atoms with Gasteiger partial charge < -0.3 is 15.4 Å². The van der Waals surface area contributed by atoms with Gasteiger partial charge in [-0.05, 0) is 45.2 Å². The summed E-state index contributed by atoms with van der Waals surface area (Å²) in [6, 6.07) is 0. The first-order chi connectivity index (χ1) is 9.79. The van der Waals surface area contributed by atoms with Gasteiger partial charge in [0.2, 0.25) is 5.91 Å². The summed E-state index contributed by atoms with van der Waals surface area (Å²) in [5.74, 6) is 0.303. The maximum Gasteiger partial charge on any atom is 0.222 e. The molecule has 0 aromatic carbocycles. The van der Waals surface area contributed by atoms with E-state index in [9.17, 15) is 4.79 Å². The normalized spacial score (nSPS) is 24.9. The van der Waals surface area contributed by atoms with Crippen LogP contribution in [0, 0.1) is 0 Å². The Bertz CT molecular complexity index is 293. The summed E-state index contributed by atoms with van der Waals surface area (Å²) in [4.78, 5) is 16.6. The molecule has 0 aromatic heterocycles. The predicted octanol–water partition coefficient (Wildman–Crippen LogP) is 0.829. The van der Waals surface area contributed by atoms with E-state index in [0.717, 1.165) is 58.6 Å². The Morgan fingerprint density at radius 3 is 2.80 bits per heavy atom. The molecular weight excluding hydrogens is 254 g/mol. The van der Waals surface area contributed by atoms with E-state index >= 15 is 0 Å². The highest BCUT2D eigenvalue weighted by Gasteiger charge is 2.22. The molecule has 2 aliphatic heterocycles. The lowest BCUT2D eigenvalue weighted by Crippen LogP contribution is -2.37. The molecule has 2 N–H and O–H groups in total. The van der Waals surface area contributed by atoms with Crippen molar-refractivity contribution >= 4 is 5.91 Å². The third kappa shape index (κ3) is 5.04. The van der Waals surface area contributed by atoms with E-state index in [0.29, 0.717) is 25.0 Å². The number of nitrogens with zero attached hydrogens (tertiary/aromatic N) is 2. The second-order valence-corrected chi connectivity index (χ2v) is 5.92. The number of nitrogens with two attached hydrogens (primary N) is 1. The molecule has 1 atom stereocenters. The predicted molar refractivity (Wildman–Crippen MR) is 79.5 cm³/mol. The van der Waals surface area contributed by atoms with Crippen molar-refractivity contribution in [3.63, 3.8) is 0 Å². The fourth-order valence-corrected chi connectivity index (χ4v) is 3.06. The van der Waals surface area contributed by atoms with Gasteiger partial charge in [-0.1, -0.05) is 0 Å². The van der Waals surface area contributed by atoms with Crippen molar-refractivity contribution in [3.05, 3.63) is 0 Å². The monoisotopic (exact) mass is 283 g/mol. The van der Waals surface area contributed by atoms with Crippen LogP contribution >= 0.6 is 0 Å². The fraction of sp³-hybridized carbons (Fsp3) is 0.933. The molecule has 0 bridgehead atoms. The number of amides is 1. The highest BCUT2D eigenvalue weighted by molar-refractivity contribution is 5.76. The van der Waals surface area contributed by atoms with Gasteiger partial charge in [0.15, 0.2) is 0 Å². The Hall–Kier alpha value is -0.650. The van der Waals surface area contributed by atoms with Gasteiger partial charge in [0, 0.05) is 39.2 Å². The van der Waals surface area contributed by atoms with Crippen molar-refractivity contribution in [1.82, 2.24) is 9.80 Å². The molecule has 2 heterocycles. The second-order valence-electron chi connectivity index (χ2n) is 5.92. The first-order valence-corrected chi connectivity index (χ1v) is 8.11. The largest absolute Gasteiger partial charge is 0.377 e. The zero-order valence-electron chi connectivity index (χ0n) is 12.6. The van der Waals surface area contributed by atoms with Crippen LogP contribution in [0.5, 0.6) is 0 Å². The minimum absolute atomic E-state index is 0.303. The summed E-state index contributed by atoms with van der Waals surface area (Å²) in [5, 5.41) is 0. The average molecular weight is 283 g/mol. The highest BCUT2D eigenvalue weighted by Crippen LogP contribution is 2.15. The molecule has 0 aliphatic carbocycles. The lowest BCUT2D eigenvalue weighted by atomic mass is 10.2. The van der Waals surface area contributed by atoms with Crippen LogP contribution in [0.3, 0.4) is 0 Å². The molecule has 0 saturated carbocycles. The van der Waals surface area contributed by atoms with Gasteiger partial charge in [-0.15, -0.1) is 0 Å². The number of carbonyl (C=O) groups is 1. The summed E-state index contributed by atoms with van der Waals surface area (Å²) >= 11 is 0. The maximum atomic E-state index is 12.1. The quantitative estimate of drug-likeness (QED) is 0.734. The Morgan fingerprint density at radius 2 is 2.05 bits per heavy atom. The van der Waals surface area contributed by atoms with Gasteiger partial charge >= 0.3 is 0 Å². The van der Waals surface area contributed by atoms with E-state index in [1.165, 1.54) is 12.8 Å². The van der Waals surface area contributed by atoms with Crippen molar-refractivity contribution < 1.29 is 9.53 Å². The third-order valence-corrected chi connectivity index (χ3v) is 4.27. The molecule has 2 fully saturated rings. The van der Waals surface area contributed by atoms with Crippen LogP contribution in [0.25, 0.3) is 0 Å². The van der Waals surface area contributed by atoms with E-state index < -0.39 is 0 Å². The van der Waals surface area contributed by atoms with E-state index in [2.05, 4.69) is 4.90 Å². The Balaban J connectivity index is 1.69. The lowest BCUT2D eigenvalue weighted by molar-refractivity contribution is -0.131. The van der Waals surface area contributed by atoms with Crippen molar-refractivity contribution in [2.24, 2.45) is 5.73 Å². The van der Waals surface area contributed by atoms with Crippen LogP contribution in [0.2, 0.25) is 0 Å². The van der Waals surface area contributed by atoms with Crippen LogP contribution in [-0.4, -0.2) is 67.7 Å². The van der Waals surface area contributed by atoms with Gasteiger partial charge in [0.25, 0.3) is 0 Å². The molecular formula is C15H29N3O2. The number of ether oxygens (including phenoxy) is 1. The third-order valence-electron chi connectivity index (χ3n) is 4.27. The van der Waals surface area contributed by atoms with Crippen LogP contribution in [0.4, 0.5) is 0 Å². The molecule has 1 amide bonds. The molecule has 0 spiro atoms. The molecule has 2 rings (SSSR count). The molecule has 5 heteroatoms. The molecule has 116 valence electrons. The first kappa shape index (κ1) is 15.7. The zero-order chi connectivity index (χ0) is 14.2. The molecule has 2 saturated heterocycles. The maximum absolute atomic E-state index is 12.1. The summed E-state index contributed by atoms with van der Waals surface area (Å²) in [5.41, 5.74) is 5.47. The van der Waals surface area contributed by atoms with Gasteiger partial charge in [-0.2, -0.15) is 0 Å². The zero-order valence-corrected chi connectivity index (χ0v) is 12.6. The van der Waals surface area contributed by atoms with E-state index in [1.54, 1.807) is 0 Å². The SMILES string of the molecule is NCCCCC(=O)N1CCCN(CC2CCCO2)CC1. The standard InChI is InChI=1S/C15H29N3O2/c16-7-2-1-6-15(19)18-9-4-8-17(10-11-18)13-14-5-3-12-20-14/h14H,1-13,16H2. The van der Waals surface area contributed by atoms with Crippen LogP contribution < -0.4 is 5.73 Å². The van der Waals surface area contributed by atoms with Crippen LogP contribution in [0.15, 0.2) is 0 Å². The van der Waals surface area contributed by atoms with Crippen molar-refractivity contribution in [2.45, 2.75) is 44.6 Å². The van der Waals surface area contributed by atoms with E-state index in [4.69, 9.17) is 10.5 Å². The topological polar surface area (TPSA) is 58.8 Å². The average Bonchev–Trinajstić information content (AvgIpc) is 2.84. The van der Waals surface area contributed by atoms with Gasteiger partial charge in [-0.3, -0.25) is 9.69 Å². The van der Waals surface area contributed by atoms with Crippen molar-refractivity contribution in [1.29, 1.82) is 0 Å². The van der Waals surface area contributed by atoms with Crippen molar-refractivity contribution in [2.75, 3.05) is 45.9 Å². The van der Waals surface area contributed by atoms with Crippen LogP contribution in [-0.2, 0) is 9.53 Å². The van der Waals surface area contributed by atoms with E-state index in [-0.39, 0.29) is 0 Å². The number of carbonyl (C=O) groups excluding carboxylic acids is 1. The Labute approximate surface area is 122 Å². The number of hydrogen-bond acceptors (Lipinski definition) is 4. The van der Waals surface area contributed by atoms with E-state index in [1.807, 2.05) is 4.90 Å². The smallest absolute Gasteiger partial charge is 0.222 e. The van der Waals surface area contributed by atoms with Crippen LogP contribution in [0.1, 0.15) is 38.5 Å². The highest BCUT2D eigenvalue weighted by atomic mass is 16.5. The summed E-state index contributed by atoms with van der Waals surface area (Å²) in [6.07, 6.45) is 6.42. The molecule has 5 nitrogen and oxygen atoms in total. The summed E-state index contributed by atoms with van der Waals surface area (Å²) in [7, 11) is 0. The van der Waals surface area contributed by atoms with Crippen molar-refractivity contribution in [3.8, 4) is 0 Å². The van der Waals surface area contributed by atoms with Gasteiger partial charge in [-0.25, -0.2) is 0 Å². The minimum Gasteiger partial charge on any atom is -0.377 e. The summed E-state index contributed by atoms with van der Waals surface area (Å²) < 4.78 is 5.70. The number of unbranched alkanes of at least 4 members (excludes halogenated alkanes) is 1. The molecule has 0 aromatic rings. The lowest BCUT2D eigenvalue weighted by Gasteiger charge is -2.24. The molecule has 1 unspecified atom stereocenters. The van der Waals surface area contributed by atoms with Gasteiger partial charge in [0.1, 0.15) is 0 Å². The second kappa shape index (κ2) is 8.60. The fourth-order valence-electron chi connectivity index (χ4n) is 3.06. The molecule has 0 radical (unpaired) electrons. The van der Waals surface area contributed by atoms with Gasteiger partial charge in [0.05, 0.1) is 6.10 Å². The summed E-state index contributed by atoms with van der Waals surface area (Å²) in [6.45, 7) is 6.49. The first-order valence-electron chi connectivity index (χ1n) is 8.11.